The largest absolute Gasteiger partial charge is 0.486 e. The fraction of sp³-hybridized carbons (Fsp3) is 0.625. The summed E-state index contributed by atoms with van der Waals surface area (Å²) >= 11 is 0. The maximum absolute atomic E-state index is 10.7. The number of rotatable bonds is 6. The predicted molar refractivity (Wildman–Crippen MR) is 109 cm³/mol. The zero-order chi connectivity index (χ0) is 20.2. The molecule has 1 aromatic rings. The molecule has 0 radical (unpaired) electrons. The Hall–Kier alpha value is -1.87. The summed E-state index contributed by atoms with van der Waals surface area (Å²) < 4.78 is 17.7. The molecule has 0 spiro atoms. The Balaban J connectivity index is 1.39. The minimum Gasteiger partial charge on any atom is -0.486 e. The molecule has 0 bridgehead atoms. The van der Waals surface area contributed by atoms with Gasteiger partial charge in [0.15, 0.2) is 12.6 Å². The molecule has 0 amide bonds. The maximum Gasteiger partial charge on any atom is 0.192 e. The van der Waals surface area contributed by atoms with Crippen LogP contribution in [0.25, 0.3) is 0 Å². The molecule has 3 unspecified atom stereocenters. The fourth-order valence-electron chi connectivity index (χ4n) is 4.91. The lowest BCUT2D eigenvalue weighted by Crippen LogP contribution is -2.26. The van der Waals surface area contributed by atoms with E-state index in [0.29, 0.717) is 19.3 Å². The molecule has 29 heavy (non-hydrogen) atoms. The van der Waals surface area contributed by atoms with E-state index in [2.05, 4.69) is 30.9 Å². The fourth-order valence-corrected chi connectivity index (χ4v) is 4.91. The van der Waals surface area contributed by atoms with E-state index in [1.165, 1.54) is 17.5 Å². The van der Waals surface area contributed by atoms with Crippen LogP contribution in [0, 0.1) is 24.7 Å². The summed E-state index contributed by atoms with van der Waals surface area (Å²) in [6, 6.07) is 4.34. The van der Waals surface area contributed by atoms with E-state index >= 15 is 0 Å². The van der Waals surface area contributed by atoms with Gasteiger partial charge in [-0.2, -0.15) is 0 Å². The van der Waals surface area contributed by atoms with Gasteiger partial charge in [0.25, 0.3) is 0 Å². The standard InChI is InChI=1S/C24H30O5/c1-16-13-18(7-2-4-11-27-21-9-3-5-12-28-21)23-19(14-16)22-17(8-6-10-25)15-20(26)24(22)29-23/h10,13-14,17,20-22,24,26H,2-5,7,9,11-12,15H2,1H3/t17?,20?,21?,22-,24-/m1/s1. The zero-order valence-corrected chi connectivity index (χ0v) is 17.1. The molecule has 5 atom stereocenters. The summed E-state index contributed by atoms with van der Waals surface area (Å²) in [7, 11) is 0. The lowest BCUT2D eigenvalue weighted by atomic mass is 9.87. The second kappa shape index (κ2) is 9.30. The molecule has 4 rings (SSSR count). The minimum atomic E-state index is -0.546. The molecule has 5 heteroatoms. The van der Waals surface area contributed by atoms with Crippen LogP contribution in [-0.2, 0) is 20.7 Å². The molecule has 3 aliphatic rings. The van der Waals surface area contributed by atoms with Crippen LogP contribution in [0.4, 0.5) is 0 Å². The number of aliphatic hydroxyl groups is 1. The Kier molecular flexibility index (Phi) is 6.54. The van der Waals surface area contributed by atoms with Gasteiger partial charge in [0.05, 0.1) is 6.10 Å². The highest BCUT2D eigenvalue weighted by molar-refractivity contribution is 5.72. The van der Waals surface area contributed by atoms with Crippen molar-refractivity contribution in [3.8, 4) is 17.6 Å². The number of benzene rings is 1. The quantitative estimate of drug-likeness (QED) is 0.453. The van der Waals surface area contributed by atoms with E-state index in [1.807, 2.05) is 0 Å². The third kappa shape index (κ3) is 4.50. The normalized spacial score (nSPS) is 30.1. The van der Waals surface area contributed by atoms with E-state index in [4.69, 9.17) is 14.2 Å². The molecule has 1 aromatic carbocycles. The molecule has 2 heterocycles. The molecule has 0 aromatic heterocycles. The predicted octanol–water partition coefficient (Wildman–Crippen LogP) is 3.29. The number of unbranched alkanes of at least 4 members (excludes halogenated alkanes) is 1. The summed E-state index contributed by atoms with van der Waals surface area (Å²) in [5.41, 5.74) is 3.52. The third-order valence-electron chi connectivity index (χ3n) is 6.22. The Bertz CT molecular complexity index is 786. The van der Waals surface area contributed by atoms with Gasteiger partial charge in [0.1, 0.15) is 11.9 Å². The Morgan fingerprint density at radius 3 is 3.00 bits per heavy atom. The maximum atomic E-state index is 10.7. The van der Waals surface area contributed by atoms with Gasteiger partial charge in [-0.1, -0.05) is 23.6 Å². The average molecular weight is 398 g/mol. The van der Waals surface area contributed by atoms with E-state index in [-0.39, 0.29) is 24.2 Å². The van der Waals surface area contributed by atoms with Gasteiger partial charge in [-0.3, -0.25) is 4.79 Å². The Morgan fingerprint density at radius 2 is 2.21 bits per heavy atom. The zero-order valence-electron chi connectivity index (χ0n) is 17.1. The summed E-state index contributed by atoms with van der Waals surface area (Å²) in [5, 5.41) is 10.5. The van der Waals surface area contributed by atoms with E-state index in [1.54, 1.807) is 0 Å². The molecular formula is C24H30O5. The molecule has 156 valence electrons. The second-order valence-electron chi connectivity index (χ2n) is 8.39. The van der Waals surface area contributed by atoms with Gasteiger partial charge in [0.2, 0.25) is 0 Å². The van der Waals surface area contributed by atoms with Crippen molar-refractivity contribution in [2.24, 2.45) is 5.92 Å². The van der Waals surface area contributed by atoms with Gasteiger partial charge in [-0.05, 0) is 63.4 Å². The monoisotopic (exact) mass is 398 g/mol. The highest BCUT2D eigenvalue weighted by Gasteiger charge is 2.50. The van der Waals surface area contributed by atoms with Crippen LogP contribution in [0.2, 0.25) is 0 Å². The molecule has 1 aliphatic carbocycles. The number of hydrogen-bond donors (Lipinski definition) is 1. The van der Waals surface area contributed by atoms with Crippen molar-refractivity contribution in [3.05, 3.63) is 28.8 Å². The van der Waals surface area contributed by atoms with Gasteiger partial charge in [0, 0.05) is 30.6 Å². The molecular weight excluding hydrogens is 368 g/mol. The number of aldehydes is 1. The summed E-state index contributed by atoms with van der Waals surface area (Å²) in [4.78, 5) is 10.7. The third-order valence-corrected chi connectivity index (χ3v) is 6.22. The average Bonchev–Trinajstić information content (AvgIpc) is 3.25. The van der Waals surface area contributed by atoms with Crippen LogP contribution in [0.1, 0.15) is 61.1 Å². The SMILES string of the molecule is Cc1cc(CCCCOC2CCCCO2)c2c(c1)[C@H]1C(C#CC=O)CC(O)[C@H]1O2. The molecule has 1 saturated heterocycles. The van der Waals surface area contributed by atoms with E-state index < -0.39 is 6.10 Å². The Labute approximate surface area is 172 Å². The van der Waals surface area contributed by atoms with Crippen molar-refractivity contribution in [3.63, 3.8) is 0 Å². The van der Waals surface area contributed by atoms with E-state index in [0.717, 1.165) is 50.0 Å². The number of carbonyl (C=O) groups excluding carboxylic acids is 1. The van der Waals surface area contributed by atoms with Crippen LogP contribution in [0.5, 0.6) is 5.75 Å². The van der Waals surface area contributed by atoms with Crippen molar-refractivity contribution < 1.29 is 24.1 Å². The van der Waals surface area contributed by atoms with Crippen molar-refractivity contribution in [2.45, 2.75) is 76.3 Å². The van der Waals surface area contributed by atoms with Crippen molar-refractivity contribution in [2.75, 3.05) is 13.2 Å². The van der Waals surface area contributed by atoms with Crippen molar-refractivity contribution >= 4 is 6.29 Å². The summed E-state index contributed by atoms with van der Waals surface area (Å²) in [6.07, 6.45) is 6.57. The lowest BCUT2D eigenvalue weighted by Gasteiger charge is -2.22. The van der Waals surface area contributed by atoms with Gasteiger partial charge in [-0.15, -0.1) is 0 Å². The Morgan fingerprint density at radius 1 is 1.31 bits per heavy atom. The molecule has 2 fully saturated rings. The van der Waals surface area contributed by atoms with Gasteiger partial charge in [-0.25, -0.2) is 0 Å². The lowest BCUT2D eigenvalue weighted by molar-refractivity contribution is -0.162. The highest BCUT2D eigenvalue weighted by atomic mass is 16.7. The first kappa shape index (κ1) is 20.4. The van der Waals surface area contributed by atoms with Crippen LogP contribution in [0.15, 0.2) is 12.1 Å². The minimum absolute atomic E-state index is 0.0272. The molecule has 2 aliphatic heterocycles. The van der Waals surface area contributed by atoms with Crippen LogP contribution < -0.4 is 4.74 Å². The number of fused-ring (bicyclic) bond motifs is 3. The second-order valence-corrected chi connectivity index (χ2v) is 8.39. The number of aliphatic hydroxyl groups excluding tert-OH is 1. The molecule has 1 saturated carbocycles. The van der Waals surface area contributed by atoms with Crippen molar-refractivity contribution in [1.29, 1.82) is 0 Å². The first-order valence-corrected chi connectivity index (χ1v) is 10.8. The summed E-state index contributed by atoms with van der Waals surface area (Å²) in [6.45, 7) is 3.62. The topological polar surface area (TPSA) is 65.0 Å². The number of ether oxygens (including phenoxy) is 3. The van der Waals surface area contributed by atoms with Crippen LogP contribution >= 0.6 is 0 Å². The first-order valence-electron chi connectivity index (χ1n) is 10.8. The van der Waals surface area contributed by atoms with Crippen LogP contribution in [0.3, 0.4) is 0 Å². The molecule has 1 N–H and O–H groups in total. The number of carbonyl (C=O) groups is 1. The van der Waals surface area contributed by atoms with Gasteiger partial charge >= 0.3 is 0 Å². The first-order chi connectivity index (χ1) is 14.2. The smallest absolute Gasteiger partial charge is 0.192 e. The van der Waals surface area contributed by atoms with Crippen LogP contribution in [-0.4, -0.2) is 43.1 Å². The summed E-state index contributed by atoms with van der Waals surface area (Å²) in [5.74, 6) is 6.47. The van der Waals surface area contributed by atoms with Gasteiger partial charge < -0.3 is 19.3 Å². The molecule has 5 nitrogen and oxygen atoms in total. The number of aryl methyl sites for hydroxylation is 2. The van der Waals surface area contributed by atoms with E-state index in [9.17, 15) is 9.90 Å². The van der Waals surface area contributed by atoms with Crippen molar-refractivity contribution in [1.82, 2.24) is 0 Å². The highest BCUT2D eigenvalue weighted by Crippen LogP contribution is 2.51. The number of hydrogen-bond acceptors (Lipinski definition) is 5.